The van der Waals surface area contributed by atoms with Crippen molar-refractivity contribution < 1.29 is 19.2 Å². The summed E-state index contributed by atoms with van der Waals surface area (Å²) >= 11 is 0. The van der Waals surface area contributed by atoms with Gasteiger partial charge in [0.25, 0.3) is 0 Å². The Morgan fingerprint density at radius 1 is 0.773 bits per heavy atom. The number of nitrogens with two attached hydrogens (primary N) is 2. The lowest BCUT2D eigenvalue weighted by Gasteiger charge is -2.11. The van der Waals surface area contributed by atoms with Gasteiger partial charge in [0.1, 0.15) is 11.6 Å². The summed E-state index contributed by atoms with van der Waals surface area (Å²) in [6.07, 6.45) is 2.43. The van der Waals surface area contributed by atoms with Gasteiger partial charge >= 0.3 is 12.1 Å². The van der Waals surface area contributed by atoms with Gasteiger partial charge in [-0.05, 0) is 26.7 Å². The molecule has 4 amide bonds. The Morgan fingerprint density at radius 2 is 1.09 bits per heavy atom. The minimum atomic E-state index is -0.649. The Labute approximate surface area is 130 Å². The number of hydrogen-bond acceptors (Lipinski definition) is 4. The summed E-state index contributed by atoms with van der Waals surface area (Å²) in [4.78, 5) is 44.5. The fourth-order valence-corrected chi connectivity index (χ4v) is 2.12. The van der Waals surface area contributed by atoms with Crippen molar-refractivity contribution in [3.63, 3.8) is 0 Å². The molecular weight excluding hydrogens is 288 g/mol. The molecule has 0 spiro atoms. The van der Waals surface area contributed by atoms with Gasteiger partial charge in [0, 0.05) is 37.8 Å². The number of Topliss-reactive ketones (excluding diaryl/α,β-unsaturated/α-hetero) is 2. The van der Waals surface area contributed by atoms with Crippen LogP contribution in [0.2, 0.25) is 0 Å². The normalized spacial score (nSPS) is 13.0. The highest BCUT2D eigenvalue weighted by Crippen LogP contribution is 2.07. The van der Waals surface area contributed by atoms with E-state index in [1.54, 1.807) is 13.8 Å². The molecule has 126 valence electrons. The molecule has 0 aromatic carbocycles. The average Bonchev–Trinajstić information content (AvgIpc) is 2.32. The Morgan fingerprint density at radius 3 is 1.36 bits per heavy atom. The van der Waals surface area contributed by atoms with Gasteiger partial charge in [-0.3, -0.25) is 9.59 Å². The average molecular weight is 314 g/mol. The number of ketones is 2. The van der Waals surface area contributed by atoms with E-state index in [9.17, 15) is 19.2 Å². The van der Waals surface area contributed by atoms with Gasteiger partial charge < -0.3 is 22.1 Å². The summed E-state index contributed by atoms with van der Waals surface area (Å²) in [5, 5.41) is 4.88. The van der Waals surface area contributed by atoms with Crippen LogP contribution in [0.3, 0.4) is 0 Å². The number of carbonyl (C=O) groups is 4. The summed E-state index contributed by atoms with van der Waals surface area (Å²) < 4.78 is 0. The molecule has 0 saturated heterocycles. The van der Waals surface area contributed by atoms with Crippen LogP contribution in [0.25, 0.3) is 0 Å². The molecule has 0 heterocycles. The van der Waals surface area contributed by atoms with Gasteiger partial charge in [-0.1, -0.05) is 0 Å². The molecular formula is C14H26N4O4. The van der Waals surface area contributed by atoms with Crippen molar-refractivity contribution >= 4 is 23.6 Å². The number of nitrogens with one attached hydrogen (secondary N) is 2. The predicted octanol–water partition coefficient (Wildman–Crippen LogP) is 0.579. The van der Waals surface area contributed by atoms with E-state index in [-0.39, 0.29) is 36.5 Å². The highest BCUT2D eigenvalue weighted by Gasteiger charge is 2.12. The zero-order chi connectivity index (χ0) is 17.1. The Bertz CT molecular complexity index is 374. The van der Waals surface area contributed by atoms with Crippen LogP contribution < -0.4 is 22.1 Å². The van der Waals surface area contributed by atoms with Crippen LogP contribution >= 0.6 is 0 Å². The van der Waals surface area contributed by atoms with E-state index in [2.05, 4.69) is 10.6 Å². The fourth-order valence-electron chi connectivity index (χ4n) is 2.12. The standard InChI is InChI=1S/C14H26N4O4/c1-9(17-13(15)21)7-11(19)5-3-4-6-12(20)8-10(2)18-14(16)22/h9-10H,3-8H2,1-2H3,(H3,15,17,21)(H3,16,18,22). The minimum absolute atomic E-state index is 0.0254. The van der Waals surface area contributed by atoms with Crippen molar-refractivity contribution in [2.45, 2.75) is 64.5 Å². The van der Waals surface area contributed by atoms with E-state index < -0.39 is 12.1 Å². The molecule has 6 N–H and O–H groups in total. The van der Waals surface area contributed by atoms with Crippen molar-refractivity contribution in [1.82, 2.24) is 10.6 Å². The number of amides is 4. The zero-order valence-electron chi connectivity index (χ0n) is 13.2. The van der Waals surface area contributed by atoms with E-state index in [1.807, 2.05) is 0 Å². The summed E-state index contributed by atoms with van der Waals surface area (Å²) in [5.41, 5.74) is 9.92. The molecule has 8 heteroatoms. The second-order valence-corrected chi connectivity index (χ2v) is 5.51. The maximum Gasteiger partial charge on any atom is 0.312 e. The minimum Gasteiger partial charge on any atom is -0.352 e. The highest BCUT2D eigenvalue weighted by molar-refractivity contribution is 5.81. The van der Waals surface area contributed by atoms with E-state index in [0.717, 1.165) is 0 Å². The molecule has 0 saturated carbocycles. The topological polar surface area (TPSA) is 144 Å². The first-order chi connectivity index (χ1) is 10.2. The number of rotatable bonds is 11. The summed E-state index contributed by atoms with van der Waals surface area (Å²) in [6.45, 7) is 3.42. The first-order valence-corrected chi connectivity index (χ1v) is 7.36. The van der Waals surface area contributed by atoms with Crippen molar-refractivity contribution in [3.8, 4) is 0 Å². The van der Waals surface area contributed by atoms with Gasteiger partial charge in [0.05, 0.1) is 0 Å². The van der Waals surface area contributed by atoms with Gasteiger partial charge in [0.15, 0.2) is 0 Å². The van der Waals surface area contributed by atoms with Gasteiger partial charge in [-0.15, -0.1) is 0 Å². The Balaban J connectivity index is 3.74. The molecule has 0 rings (SSSR count). The molecule has 0 fully saturated rings. The van der Waals surface area contributed by atoms with Crippen LogP contribution in [0.5, 0.6) is 0 Å². The number of hydrogen-bond donors (Lipinski definition) is 4. The van der Waals surface area contributed by atoms with Crippen molar-refractivity contribution in [2.24, 2.45) is 11.5 Å². The summed E-state index contributed by atoms with van der Waals surface area (Å²) in [7, 11) is 0. The Hall–Kier alpha value is -2.12. The van der Waals surface area contributed by atoms with Gasteiger partial charge in [-0.2, -0.15) is 0 Å². The van der Waals surface area contributed by atoms with Crippen molar-refractivity contribution in [3.05, 3.63) is 0 Å². The van der Waals surface area contributed by atoms with Crippen LogP contribution in [0.15, 0.2) is 0 Å². The van der Waals surface area contributed by atoms with E-state index in [4.69, 9.17) is 11.5 Å². The number of unbranched alkanes of at least 4 members (excludes halogenated alkanes) is 1. The lowest BCUT2D eigenvalue weighted by atomic mass is 10.0. The van der Waals surface area contributed by atoms with Gasteiger partial charge in [-0.25, -0.2) is 9.59 Å². The molecule has 0 radical (unpaired) electrons. The third kappa shape index (κ3) is 11.7. The highest BCUT2D eigenvalue weighted by atomic mass is 16.2. The maximum absolute atomic E-state index is 11.6. The largest absolute Gasteiger partial charge is 0.352 e. The van der Waals surface area contributed by atoms with Crippen LogP contribution in [0.1, 0.15) is 52.4 Å². The molecule has 0 aliphatic rings. The predicted molar refractivity (Wildman–Crippen MR) is 82.1 cm³/mol. The Kier molecular flexibility index (Phi) is 9.56. The van der Waals surface area contributed by atoms with Gasteiger partial charge in [0.2, 0.25) is 0 Å². The SMILES string of the molecule is CC(CC(=O)CCCCC(=O)CC(C)NC(N)=O)NC(N)=O. The van der Waals surface area contributed by atoms with Crippen molar-refractivity contribution in [2.75, 3.05) is 0 Å². The molecule has 2 atom stereocenters. The second-order valence-electron chi connectivity index (χ2n) is 5.51. The fraction of sp³-hybridized carbons (Fsp3) is 0.714. The number of carbonyl (C=O) groups excluding carboxylic acids is 4. The third-order valence-electron chi connectivity index (χ3n) is 3.01. The first kappa shape index (κ1) is 19.9. The van der Waals surface area contributed by atoms with E-state index in [1.165, 1.54) is 0 Å². The lowest BCUT2D eigenvalue weighted by Crippen LogP contribution is -2.38. The zero-order valence-corrected chi connectivity index (χ0v) is 13.2. The monoisotopic (exact) mass is 314 g/mol. The molecule has 8 nitrogen and oxygen atoms in total. The van der Waals surface area contributed by atoms with E-state index >= 15 is 0 Å². The van der Waals surface area contributed by atoms with E-state index in [0.29, 0.717) is 25.7 Å². The number of primary amides is 2. The lowest BCUT2D eigenvalue weighted by molar-refractivity contribution is -0.121. The van der Waals surface area contributed by atoms with Crippen LogP contribution in [0.4, 0.5) is 9.59 Å². The molecule has 0 bridgehead atoms. The molecule has 0 aromatic rings. The summed E-state index contributed by atoms with van der Waals surface area (Å²) in [6, 6.07) is -1.87. The van der Waals surface area contributed by atoms with Crippen LogP contribution in [-0.2, 0) is 9.59 Å². The third-order valence-corrected chi connectivity index (χ3v) is 3.01. The quantitative estimate of drug-likeness (QED) is 0.413. The van der Waals surface area contributed by atoms with Crippen LogP contribution in [-0.4, -0.2) is 35.7 Å². The summed E-state index contributed by atoms with van der Waals surface area (Å²) in [5.74, 6) is 0.0509. The van der Waals surface area contributed by atoms with Crippen molar-refractivity contribution in [1.29, 1.82) is 0 Å². The molecule has 0 aliphatic heterocycles. The second kappa shape index (κ2) is 10.6. The molecule has 0 aromatic heterocycles. The van der Waals surface area contributed by atoms with Crippen LogP contribution in [0, 0.1) is 0 Å². The molecule has 0 aliphatic carbocycles. The number of urea groups is 2. The first-order valence-electron chi connectivity index (χ1n) is 7.36. The molecule has 22 heavy (non-hydrogen) atoms. The maximum atomic E-state index is 11.6. The smallest absolute Gasteiger partial charge is 0.312 e. The molecule has 2 unspecified atom stereocenters.